The van der Waals surface area contributed by atoms with E-state index in [1.165, 1.54) is 18.3 Å². The number of likely N-dealkylation sites (tertiary alicyclic amines) is 1. The normalized spacial score (nSPS) is 17.7. The van der Waals surface area contributed by atoms with Crippen molar-refractivity contribution in [3.63, 3.8) is 0 Å². The van der Waals surface area contributed by atoms with E-state index < -0.39 is 5.97 Å². The molecule has 2 heterocycles. The molecule has 0 saturated carbocycles. The summed E-state index contributed by atoms with van der Waals surface area (Å²) in [5.41, 5.74) is 1.69. The first kappa shape index (κ1) is 26.6. The molecule has 1 saturated heterocycles. The summed E-state index contributed by atoms with van der Waals surface area (Å²) >= 11 is 6.39. The molecule has 1 N–H and O–H groups in total. The number of carboxylic acids is 1. The predicted molar refractivity (Wildman–Crippen MR) is 140 cm³/mol. The lowest BCUT2D eigenvalue weighted by molar-refractivity contribution is -0.139. The summed E-state index contributed by atoms with van der Waals surface area (Å²) in [4.78, 5) is 31.3. The summed E-state index contributed by atoms with van der Waals surface area (Å²) in [6.45, 7) is 1.81. The fraction of sp³-hybridized carbons (Fsp3) is 0.345. The van der Waals surface area contributed by atoms with Gasteiger partial charge in [-0.1, -0.05) is 29.5 Å². The van der Waals surface area contributed by atoms with Crippen LogP contribution in [-0.2, 0) is 4.79 Å². The Morgan fingerprint density at radius 1 is 1.24 bits per heavy atom. The number of aromatic nitrogens is 1. The number of fused-ring (bicyclic) bond motifs is 1. The third-order valence-electron chi connectivity index (χ3n) is 6.82. The number of carbonyl (C=O) groups is 2. The molecule has 0 amide bonds. The van der Waals surface area contributed by atoms with Gasteiger partial charge in [0.05, 0.1) is 24.2 Å². The Bertz CT molecular complexity index is 1370. The molecule has 37 heavy (non-hydrogen) atoms. The van der Waals surface area contributed by atoms with Crippen LogP contribution in [0.4, 0.5) is 4.39 Å². The average Bonchev–Trinajstić information content (AvgIpc) is 2.87. The molecule has 3 aromatic rings. The van der Waals surface area contributed by atoms with Crippen molar-refractivity contribution in [2.75, 3.05) is 26.7 Å². The second-order valence-corrected chi connectivity index (χ2v) is 9.69. The number of halogens is 2. The van der Waals surface area contributed by atoms with E-state index in [1.54, 1.807) is 37.4 Å². The summed E-state index contributed by atoms with van der Waals surface area (Å²) in [6, 6.07) is 11.5. The van der Waals surface area contributed by atoms with Crippen LogP contribution in [0.3, 0.4) is 0 Å². The van der Waals surface area contributed by atoms with Gasteiger partial charge in [0, 0.05) is 42.1 Å². The molecule has 0 aliphatic carbocycles. The maximum absolute atomic E-state index is 13.4. The van der Waals surface area contributed by atoms with Gasteiger partial charge in [-0.15, -0.1) is 0 Å². The number of carbonyl (C=O) groups excluding carboxylic acids is 1. The van der Waals surface area contributed by atoms with Crippen molar-refractivity contribution in [2.24, 2.45) is 11.8 Å². The summed E-state index contributed by atoms with van der Waals surface area (Å²) in [6.07, 6.45) is 3.12. The highest BCUT2D eigenvalue weighted by atomic mass is 35.5. The van der Waals surface area contributed by atoms with Crippen LogP contribution >= 0.6 is 11.6 Å². The summed E-state index contributed by atoms with van der Waals surface area (Å²) in [7, 11) is 1.56. The molecule has 1 fully saturated rings. The van der Waals surface area contributed by atoms with Gasteiger partial charge in [0.15, 0.2) is 5.78 Å². The van der Waals surface area contributed by atoms with Crippen molar-refractivity contribution in [3.8, 4) is 17.6 Å². The molecule has 192 valence electrons. The Hall–Kier alpha value is -3.47. The van der Waals surface area contributed by atoms with Gasteiger partial charge in [-0.25, -0.2) is 4.39 Å². The zero-order valence-corrected chi connectivity index (χ0v) is 21.3. The van der Waals surface area contributed by atoms with Gasteiger partial charge in [0.2, 0.25) is 0 Å². The predicted octanol–water partition coefficient (Wildman–Crippen LogP) is 5.46. The maximum Gasteiger partial charge on any atom is 0.303 e. The Morgan fingerprint density at radius 2 is 2.08 bits per heavy atom. The Labute approximate surface area is 220 Å². The summed E-state index contributed by atoms with van der Waals surface area (Å²) in [5.74, 6) is 5.36. The van der Waals surface area contributed by atoms with E-state index in [2.05, 4.69) is 21.7 Å². The highest BCUT2D eigenvalue weighted by molar-refractivity contribution is 6.35. The van der Waals surface area contributed by atoms with Gasteiger partial charge >= 0.3 is 5.97 Å². The van der Waals surface area contributed by atoms with E-state index in [1.807, 2.05) is 0 Å². The number of carboxylic acid groups (broad SMARTS) is 1. The molecule has 0 unspecified atom stereocenters. The largest absolute Gasteiger partial charge is 0.497 e. The third-order valence-corrected chi connectivity index (χ3v) is 7.11. The molecule has 1 aliphatic heterocycles. The van der Waals surface area contributed by atoms with Crippen LogP contribution in [0.25, 0.3) is 10.9 Å². The van der Waals surface area contributed by atoms with Crippen LogP contribution in [0.2, 0.25) is 5.02 Å². The molecular weight excluding hydrogens is 495 g/mol. The zero-order valence-electron chi connectivity index (χ0n) is 20.5. The zero-order chi connectivity index (χ0) is 26.4. The monoisotopic (exact) mass is 522 g/mol. The van der Waals surface area contributed by atoms with Gasteiger partial charge in [-0.05, 0) is 67.6 Å². The van der Waals surface area contributed by atoms with Gasteiger partial charge in [-0.2, -0.15) is 0 Å². The quantitative estimate of drug-likeness (QED) is 0.312. The van der Waals surface area contributed by atoms with Crippen LogP contribution in [0.15, 0.2) is 48.7 Å². The molecule has 2 atom stereocenters. The summed E-state index contributed by atoms with van der Waals surface area (Å²) < 4.78 is 18.7. The third kappa shape index (κ3) is 6.85. The fourth-order valence-electron chi connectivity index (χ4n) is 4.95. The van der Waals surface area contributed by atoms with Crippen molar-refractivity contribution < 1.29 is 23.8 Å². The van der Waals surface area contributed by atoms with Crippen LogP contribution in [0.5, 0.6) is 5.75 Å². The Morgan fingerprint density at radius 3 is 2.84 bits per heavy atom. The molecule has 0 spiro atoms. The van der Waals surface area contributed by atoms with Crippen LogP contribution < -0.4 is 4.74 Å². The topological polar surface area (TPSA) is 79.7 Å². The lowest BCUT2D eigenvalue weighted by atomic mass is 9.79. The van der Waals surface area contributed by atoms with Crippen molar-refractivity contribution in [2.45, 2.75) is 25.7 Å². The first-order valence-corrected chi connectivity index (χ1v) is 12.6. The number of ether oxygens (including phenoxy) is 1. The second-order valence-electron chi connectivity index (χ2n) is 9.28. The van der Waals surface area contributed by atoms with Gasteiger partial charge < -0.3 is 9.84 Å². The molecule has 0 bridgehead atoms. The molecular formula is C29H28ClFN2O4. The number of hydrogen-bond donors (Lipinski definition) is 1. The van der Waals surface area contributed by atoms with E-state index in [0.717, 1.165) is 13.0 Å². The van der Waals surface area contributed by atoms with Crippen LogP contribution in [0, 0.1) is 29.5 Å². The SMILES string of the molecule is COc1ccc2ncc(Cl)c(C(=O)CC[C@@H]3CCN(CC#Cc4cccc(F)c4)C[C@H]3CC(=O)O)c2c1. The molecule has 0 radical (unpaired) electrons. The van der Waals surface area contributed by atoms with Gasteiger partial charge in [-0.3, -0.25) is 19.5 Å². The Kier molecular flexibility index (Phi) is 8.75. The number of nitrogens with zero attached hydrogens (tertiary/aromatic N) is 2. The molecule has 8 heteroatoms. The van der Waals surface area contributed by atoms with E-state index in [0.29, 0.717) is 52.3 Å². The number of Topliss-reactive ketones (excluding diaryl/α,β-unsaturated/α-hetero) is 1. The molecule has 1 aliphatic rings. The van der Waals surface area contributed by atoms with Crippen LogP contribution in [0.1, 0.15) is 41.6 Å². The van der Waals surface area contributed by atoms with E-state index in [9.17, 15) is 19.1 Å². The second kappa shape index (κ2) is 12.2. The smallest absolute Gasteiger partial charge is 0.303 e. The van der Waals surface area contributed by atoms with Crippen molar-refractivity contribution in [3.05, 3.63) is 70.6 Å². The van der Waals surface area contributed by atoms with Crippen molar-refractivity contribution in [1.29, 1.82) is 0 Å². The number of benzene rings is 2. The number of ketones is 1. The number of methoxy groups -OCH3 is 1. The molecule has 1 aromatic heterocycles. The fourth-order valence-corrected chi connectivity index (χ4v) is 5.21. The minimum absolute atomic E-state index is 0.0306. The number of rotatable bonds is 8. The minimum atomic E-state index is -0.857. The standard InChI is InChI=1S/C29H28ClFN2O4/c1-37-23-8-9-26-24(16-23)29(25(30)17-32-26)27(34)10-7-20-11-13-33(18-21(20)15-28(35)36)12-3-5-19-4-2-6-22(31)14-19/h2,4,6,8-9,14,16-17,20-21H,7,10-13,15,18H2,1H3,(H,35,36)/t20-,21-/m1/s1. The van der Waals surface area contributed by atoms with E-state index >= 15 is 0 Å². The Balaban J connectivity index is 1.42. The van der Waals surface area contributed by atoms with Gasteiger partial charge in [0.25, 0.3) is 0 Å². The first-order valence-electron chi connectivity index (χ1n) is 12.2. The number of hydrogen-bond acceptors (Lipinski definition) is 5. The van der Waals surface area contributed by atoms with Gasteiger partial charge in [0.1, 0.15) is 11.6 Å². The number of aliphatic carboxylic acids is 1. The molecule has 4 rings (SSSR count). The molecule has 6 nitrogen and oxygen atoms in total. The van der Waals surface area contributed by atoms with Crippen molar-refractivity contribution >= 4 is 34.3 Å². The first-order chi connectivity index (χ1) is 17.8. The molecule has 2 aromatic carbocycles. The van der Waals surface area contributed by atoms with Crippen LogP contribution in [-0.4, -0.2) is 53.5 Å². The maximum atomic E-state index is 13.4. The summed E-state index contributed by atoms with van der Waals surface area (Å²) in [5, 5.41) is 10.4. The lowest BCUT2D eigenvalue weighted by Crippen LogP contribution is -2.41. The van der Waals surface area contributed by atoms with E-state index in [4.69, 9.17) is 16.3 Å². The van der Waals surface area contributed by atoms with E-state index in [-0.39, 0.29) is 36.3 Å². The number of pyridine rings is 1. The van der Waals surface area contributed by atoms with Crippen molar-refractivity contribution in [1.82, 2.24) is 9.88 Å². The average molecular weight is 523 g/mol. The highest BCUT2D eigenvalue weighted by Gasteiger charge is 2.31. The highest BCUT2D eigenvalue weighted by Crippen LogP contribution is 2.33. The number of piperidine rings is 1. The minimum Gasteiger partial charge on any atom is -0.497 e. The lowest BCUT2D eigenvalue weighted by Gasteiger charge is -2.37.